The van der Waals surface area contributed by atoms with Gasteiger partial charge in [-0.05, 0) is 42.5 Å². The van der Waals surface area contributed by atoms with Gasteiger partial charge in [0.05, 0.1) is 22.0 Å². The van der Waals surface area contributed by atoms with Gasteiger partial charge in [-0.3, -0.25) is 9.44 Å². The Labute approximate surface area is 207 Å². The highest BCUT2D eigenvalue weighted by atomic mass is 35.5. The molecule has 4 aromatic rings. The predicted molar refractivity (Wildman–Crippen MR) is 126 cm³/mol. The third-order valence-electron chi connectivity index (χ3n) is 4.69. The van der Waals surface area contributed by atoms with Gasteiger partial charge < -0.3 is 4.42 Å². The summed E-state index contributed by atoms with van der Waals surface area (Å²) in [4.78, 5) is -0.645. The van der Waals surface area contributed by atoms with E-state index >= 15 is 0 Å². The van der Waals surface area contributed by atoms with Crippen molar-refractivity contribution in [1.29, 1.82) is 0 Å². The molecule has 0 saturated heterocycles. The first-order chi connectivity index (χ1) is 16.3. The third-order valence-corrected chi connectivity index (χ3v) is 7.99. The number of para-hydroxylation sites is 1. The van der Waals surface area contributed by atoms with E-state index in [2.05, 4.69) is 9.44 Å². The standard InChI is InChI=1S/C21H13Cl2F3N2O5S2/c22-14-6-7-16(27-34(29,30)19-8-5-13(10-15(19)23)21(24,25)26)17(11-14)28-35(31,32)20-9-12-3-1-2-4-18(12)33-20/h1-11,27-28H. The largest absolute Gasteiger partial charge is 0.443 e. The highest BCUT2D eigenvalue weighted by molar-refractivity contribution is 7.93. The predicted octanol–water partition coefficient (Wildman–Crippen LogP) is 6.36. The van der Waals surface area contributed by atoms with Crippen LogP contribution in [-0.2, 0) is 26.2 Å². The van der Waals surface area contributed by atoms with Gasteiger partial charge in [0.2, 0.25) is 5.09 Å². The number of sulfonamides is 2. The summed E-state index contributed by atoms with van der Waals surface area (Å²) in [7, 11) is -8.86. The molecule has 0 saturated carbocycles. The molecule has 3 aromatic carbocycles. The molecule has 0 aliphatic rings. The van der Waals surface area contributed by atoms with Crippen molar-refractivity contribution in [2.45, 2.75) is 16.2 Å². The molecule has 7 nitrogen and oxygen atoms in total. The number of furan rings is 1. The van der Waals surface area contributed by atoms with Crippen molar-refractivity contribution in [3.8, 4) is 0 Å². The van der Waals surface area contributed by atoms with Crippen molar-refractivity contribution >= 4 is 65.6 Å². The zero-order chi connectivity index (χ0) is 25.6. The molecule has 0 aliphatic heterocycles. The number of hydrogen-bond acceptors (Lipinski definition) is 5. The van der Waals surface area contributed by atoms with Gasteiger partial charge >= 0.3 is 6.18 Å². The Balaban J connectivity index is 1.68. The fourth-order valence-electron chi connectivity index (χ4n) is 3.07. The molecule has 14 heteroatoms. The summed E-state index contributed by atoms with van der Waals surface area (Å²) in [6.45, 7) is 0. The lowest BCUT2D eigenvalue weighted by Crippen LogP contribution is -2.18. The summed E-state index contributed by atoms with van der Waals surface area (Å²) < 4.78 is 99.9. The van der Waals surface area contributed by atoms with Crippen LogP contribution in [0.25, 0.3) is 11.0 Å². The molecular formula is C21H13Cl2F3N2O5S2. The van der Waals surface area contributed by atoms with E-state index in [1.807, 2.05) is 0 Å². The zero-order valence-corrected chi connectivity index (χ0v) is 20.2. The first kappa shape index (κ1) is 25.2. The highest BCUT2D eigenvalue weighted by Crippen LogP contribution is 2.35. The molecule has 0 unspecified atom stereocenters. The van der Waals surface area contributed by atoms with Gasteiger partial charge in [0.15, 0.2) is 0 Å². The van der Waals surface area contributed by atoms with Crippen molar-refractivity contribution in [2.24, 2.45) is 0 Å². The van der Waals surface area contributed by atoms with Gasteiger partial charge in [0.25, 0.3) is 20.0 Å². The molecule has 2 N–H and O–H groups in total. The molecule has 4 rings (SSSR count). The number of benzene rings is 3. The maximum atomic E-state index is 12.9. The van der Waals surface area contributed by atoms with Gasteiger partial charge in [-0.2, -0.15) is 21.6 Å². The molecule has 0 bridgehead atoms. The normalized spacial score (nSPS) is 12.6. The smallest absolute Gasteiger partial charge is 0.416 e. The Hall–Kier alpha value is -2.93. The fourth-order valence-corrected chi connectivity index (χ4v) is 5.91. The molecule has 184 valence electrons. The van der Waals surface area contributed by atoms with Crippen molar-refractivity contribution in [3.05, 3.63) is 82.3 Å². The fraction of sp³-hybridized carbons (Fsp3) is 0.0476. The first-order valence-corrected chi connectivity index (χ1v) is 13.2. The molecular weight excluding hydrogens is 552 g/mol. The van der Waals surface area contributed by atoms with Crippen LogP contribution in [0.3, 0.4) is 0 Å². The summed E-state index contributed by atoms with van der Waals surface area (Å²) in [5, 5.41) is -0.511. The van der Waals surface area contributed by atoms with Gasteiger partial charge in [-0.25, -0.2) is 8.42 Å². The van der Waals surface area contributed by atoms with Crippen LogP contribution in [-0.4, -0.2) is 16.8 Å². The molecule has 0 aliphatic carbocycles. The van der Waals surface area contributed by atoms with Gasteiger partial charge in [0, 0.05) is 16.5 Å². The van der Waals surface area contributed by atoms with Crippen molar-refractivity contribution < 1.29 is 34.4 Å². The van der Waals surface area contributed by atoms with Gasteiger partial charge in [-0.15, -0.1) is 0 Å². The number of fused-ring (bicyclic) bond motifs is 1. The van der Waals surface area contributed by atoms with Crippen LogP contribution in [0.5, 0.6) is 0 Å². The van der Waals surface area contributed by atoms with E-state index in [0.29, 0.717) is 29.2 Å². The number of halogens is 5. The molecule has 0 radical (unpaired) electrons. The molecule has 1 aromatic heterocycles. The van der Waals surface area contributed by atoms with E-state index in [0.717, 1.165) is 6.07 Å². The molecule has 0 spiro atoms. The lowest BCUT2D eigenvalue weighted by Gasteiger charge is -2.15. The van der Waals surface area contributed by atoms with Crippen LogP contribution in [0.4, 0.5) is 24.5 Å². The number of alkyl halides is 3. The molecule has 35 heavy (non-hydrogen) atoms. The van der Waals surface area contributed by atoms with Crippen LogP contribution in [0, 0.1) is 0 Å². The van der Waals surface area contributed by atoms with E-state index in [-0.39, 0.29) is 16.4 Å². The Morgan fingerprint density at radius 2 is 1.46 bits per heavy atom. The van der Waals surface area contributed by atoms with E-state index < -0.39 is 46.8 Å². The number of anilines is 2. The summed E-state index contributed by atoms with van der Waals surface area (Å²) in [6.07, 6.45) is -4.72. The summed E-state index contributed by atoms with van der Waals surface area (Å²) in [6, 6.07) is 13.2. The Morgan fingerprint density at radius 3 is 2.11 bits per heavy atom. The van der Waals surface area contributed by atoms with Gasteiger partial charge in [0.1, 0.15) is 10.5 Å². The third kappa shape index (κ3) is 5.35. The Bertz CT molecular complexity index is 1620. The minimum Gasteiger partial charge on any atom is -0.443 e. The van der Waals surface area contributed by atoms with Crippen LogP contribution < -0.4 is 9.44 Å². The van der Waals surface area contributed by atoms with Crippen molar-refractivity contribution in [3.63, 3.8) is 0 Å². The highest BCUT2D eigenvalue weighted by Gasteiger charge is 2.32. The zero-order valence-electron chi connectivity index (χ0n) is 17.1. The molecule has 0 fully saturated rings. The van der Waals surface area contributed by atoms with E-state index in [1.54, 1.807) is 24.3 Å². The van der Waals surface area contributed by atoms with E-state index in [1.165, 1.54) is 18.2 Å². The topological polar surface area (TPSA) is 105 Å². The summed E-state index contributed by atoms with van der Waals surface area (Å²) in [5.41, 5.74) is -1.33. The van der Waals surface area contributed by atoms with E-state index in [9.17, 15) is 30.0 Å². The number of rotatable bonds is 6. The maximum Gasteiger partial charge on any atom is 0.416 e. The molecule has 0 atom stereocenters. The average Bonchev–Trinajstić information content (AvgIpc) is 3.20. The second-order valence-electron chi connectivity index (χ2n) is 7.15. The minimum absolute atomic E-state index is 0.0721. The van der Waals surface area contributed by atoms with Crippen LogP contribution >= 0.6 is 23.2 Å². The van der Waals surface area contributed by atoms with E-state index in [4.69, 9.17) is 27.6 Å². The van der Waals surface area contributed by atoms with Crippen molar-refractivity contribution in [2.75, 3.05) is 9.44 Å². The second kappa shape index (κ2) is 8.94. The van der Waals surface area contributed by atoms with Crippen LogP contribution in [0.1, 0.15) is 5.56 Å². The Kier molecular flexibility index (Phi) is 6.43. The first-order valence-electron chi connectivity index (χ1n) is 9.47. The second-order valence-corrected chi connectivity index (χ2v) is 11.3. The molecule has 1 heterocycles. The van der Waals surface area contributed by atoms with Crippen molar-refractivity contribution in [1.82, 2.24) is 0 Å². The lowest BCUT2D eigenvalue weighted by atomic mass is 10.2. The SMILES string of the molecule is O=S(=O)(Nc1cc(Cl)ccc1NS(=O)(=O)c1ccc(C(F)(F)F)cc1Cl)c1cc2ccccc2o1. The Morgan fingerprint density at radius 1 is 0.771 bits per heavy atom. The van der Waals surface area contributed by atoms with Gasteiger partial charge in [-0.1, -0.05) is 41.4 Å². The molecule has 0 amide bonds. The number of hydrogen-bond donors (Lipinski definition) is 2. The summed E-state index contributed by atoms with van der Waals surface area (Å²) >= 11 is 11.8. The average molecular weight is 565 g/mol. The number of nitrogens with one attached hydrogen (secondary N) is 2. The minimum atomic E-state index is -4.72. The maximum absolute atomic E-state index is 12.9. The quantitative estimate of drug-likeness (QED) is 0.283. The monoisotopic (exact) mass is 564 g/mol. The van der Waals surface area contributed by atoms with Crippen LogP contribution in [0.2, 0.25) is 10.0 Å². The summed E-state index contributed by atoms with van der Waals surface area (Å²) in [5.74, 6) is 0. The lowest BCUT2D eigenvalue weighted by molar-refractivity contribution is -0.137. The van der Waals surface area contributed by atoms with Crippen LogP contribution in [0.15, 0.2) is 81.1 Å².